The lowest BCUT2D eigenvalue weighted by molar-refractivity contribution is -0.0663. The highest BCUT2D eigenvalue weighted by Gasteiger charge is 2.30. The quantitative estimate of drug-likeness (QED) is 0.772. The number of ether oxygens (including phenoxy) is 1. The molecule has 0 aliphatic carbocycles. The molecule has 1 saturated heterocycles. The first-order chi connectivity index (χ1) is 7.98. The van der Waals surface area contributed by atoms with Gasteiger partial charge in [-0.05, 0) is 25.3 Å². The minimum Gasteiger partial charge on any atom is -0.376 e. The van der Waals surface area contributed by atoms with Crippen LogP contribution in [0.5, 0.6) is 0 Å². The van der Waals surface area contributed by atoms with Gasteiger partial charge in [0.15, 0.2) is 0 Å². The van der Waals surface area contributed by atoms with Gasteiger partial charge in [0.25, 0.3) is 0 Å². The van der Waals surface area contributed by atoms with Crippen molar-refractivity contribution in [3.63, 3.8) is 0 Å². The molecule has 1 heterocycles. The van der Waals surface area contributed by atoms with Crippen LogP contribution < -0.4 is 5.32 Å². The van der Waals surface area contributed by atoms with Crippen molar-refractivity contribution in [1.29, 1.82) is 0 Å². The molecule has 17 heavy (non-hydrogen) atoms. The van der Waals surface area contributed by atoms with E-state index in [1.165, 1.54) is 6.42 Å². The Morgan fingerprint density at radius 1 is 1.35 bits per heavy atom. The lowest BCUT2D eigenvalue weighted by Gasteiger charge is -2.42. The molecule has 0 aromatic heterocycles. The Labute approximate surface area is 107 Å². The summed E-state index contributed by atoms with van der Waals surface area (Å²) in [5.41, 5.74) is 0.334. The highest BCUT2D eigenvalue weighted by atomic mass is 16.5. The zero-order chi connectivity index (χ0) is 12.9. The molecule has 3 heteroatoms. The maximum atomic E-state index is 5.75. The SMILES string of the molecule is CCNCC(C)(C)CN1CC(C)OCC1CC. The summed E-state index contributed by atoms with van der Waals surface area (Å²) in [7, 11) is 0. The lowest BCUT2D eigenvalue weighted by atomic mass is 9.91. The predicted molar refractivity (Wildman–Crippen MR) is 73.4 cm³/mol. The summed E-state index contributed by atoms with van der Waals surface area (Å²) in [6, 6.07) is 0.604. The molecule has 0 bridgehead atoms. The summed E-state index contributed by atoms with van der Waals surface area (Å²) in [5.74, 6) is 0. The molecule has 2 unspecified atom stereocenters. The first-order valence-corrected chi connectivity index (χ1v) is 7.05. The van der Waals surface area contributed by atoms with Crippen LogP contribution >= 0.6 is 0 Å². The van der Waals surface area contributed by atoms with Crippen LogP contribution in [0.1, 0.15) is 41.0 Å². The van der Waals surface area contributed by atoms with Crippen LogP contribution in [-0.4, -0.2) is 49.8 Å². The second-order valence-corrected chi connectivity index (χ2v) is 6.08. The average Bonchev–Trinajstić information content (AvgIpc) is 2.26. The molecule has 1 aliphatic rings. The number of morpholine rings is 1. The van der Waals surface area contributed by atoms with Crippen molar-refractivity contribution in [2.24, 2.45) is 5.41 Å². The van der Waals surface area contributed by atoms with Crippen LogP contribution in [-0.2, 0) is 4.74 Å². The number of nitrogens with one attached hydrogen (secondary N) is 1. The molecule has 0 saturated carbocycles. The van der Waals surface area contributed by atoms with Crippen LogP contribution in [0.2, 0.25) is 0 Å². The van der Waals surface area contributed by atoms with Crippen molar-refractivity contribution in [3.05, 3.63) is 0 Å². The van der Waals surface area contributed by atoms with Crippen molar-refractivity contribution >= 4 is 0 Å². The van der Waals surface area contributed by atoms with Crippen molar-refractivity contribution in [3.8, 4) is 0 Å². The van der Waals surface area contributed by atoms with E-state index in [0.717, 1.165) is 32.8 Å². The smallest absolute Gasteiger partial charge is 0.0674 e. The summed E-state index contributed by atoms with van der Waals surface area (Å²) < 4.78 is 5.75. The number of hydrogen-bond donors (Lipinski definition) is 1. The highest BCUT2D eigenvalue weighted by Crippen LogP contribution is 2.22. The number of rotatable bonds is 6. The Morgan fingerprint density at radius 3 is 2.65 bits per heavy atom. The molecule has 2 atom stereocenters. The van der Waals surface area contributed by atoms with Crippen molar-refractivity contribution in [2.75, 3.05) is 32.8 Å². The molecule has 0 aromatic rings. The van der Waals surface area contributed by atoms with E-state index in [4.69, 9.17) is 4.74 Å². The normalized spacial score (nSPS) is 27.4. The van der Waals surface area contributed by atoms with Gasteiger partial charge in [0, 0.05) is 25.7 Å². The molecule has 0 spiro atoms. The van der Waals surface area contributed by atoms with Crippen molar-refractivity contribution in [1.82, 2.24) is 10.2 Å². The molecule has 1 N–H and O–H groups in total. The Balaban J connectivity index is 2.50. The van der Waals surface area contributed by atoms with Gasteiger partial charge in [-0.25, -0.2) is 0 Å². The van der Waals surface area contributed by atoms with Crippen molar-refractivity contribution < 1.29 is 4.74 Å². The fourth-order valence-electron chi connectivity index (χ4n) is 2.55. The third-order valence-corrected chi connectivity index (χ3v) is 3.54. The molecule has 0 amide bonds. The van der Waals surface area contributed by atoms with Gasteiger partial charge in [-0.3, -0.25) is 4.90 Å². The van der Waals surface area contributed by atoms with Gasteiger partial charge in [-0.1, -0.05) is 27.7 Å². The summed E-state index contributed by atoms with van der Waals surface area (Å²) in [6.45, 7) is 16.6. The summed E-state index contributed by atoms with van der Waals surface area (Å²) in [5, 5.41) is 3.46. The third kappa shape index (κ3) is 4.94. The van der Waals surface area contributed by atoms with Crippen LogP contribution in [0.3, 0.4) is 0 Å². The Bertz CT molecular complexity index is 218. The van der Waals surface area contributed by atoms with E-state index in [9.17, 15) is 0 Å². The largest absolute Gasteiger partial charge is 0.376 e. The topological polar surface area (TPSA) is 24.5 Å². The molecule has 3 nitrogen and oxygen atoms in total. The predicted octanol–water partition coefficient (Wildman–Crippen LogP) is 2.12. The zero-order valence-corrected chi connectivity index (χ0v) is 12.3. The summed E-state index contributed by atoms with van der Waals surface area (Å²) in [4.78, 5) is 2.62. The minimum absolute atomic E-state index is 0.334. The monoisotopic (exact) mass is 242 g/mol. The zero-order valence-electron chi connectivity index (χ0n) is 12.3. The van der Waals surface area contributed by atoms with Gasteiger partial charge in [0.1, 0.15) is 0 Å². The van der Waals surface area contributed by atoms with Crippen LogP contribution in [0.4, 0.5) is 0 Å². The van der Waals surface area contributed by atoms with E-state index < -0.39 is 0 Å². The Morgan fingerprint density at radius 2 is 2.06 bits per heavy atom. The fourth-order valence-corrected chi connectivity index (χ4v) is 2.55. The van der Waals surface area contributed by atoms with Gasteiger partial charge in [-0.2, -0.15) is 0 Å². The fraction of sp³-hybridized carbons (Fsp3) is 1.00. The highest BCUT2D eigenvalue weighted by molar-refractivity contribution is 4.83. The Hall–Kier alpha value is -0.120. The van der Waals surface area contributed by atoms with Crippen LogP contribution in [0.15, 0.2) is 0 Å². The first kappa shape index (κ1) is 14.9. The van der Waals surface area contributed by atoms with E-state index in [1.807, 2.05) is 0 Å². The molecular weight excluding hydrogens is 212 g/mol. The summed E-state index contributed by atoms with van der Waals surface area (Å²) >= 11 is 0. The van der Waals surface area contributed by atoms with Gasteiger partial charge < -0.3 is 10.1 Å². The van der Waals surface area contributed by atoms with E-state index in [2.05, 4.69) is 44.8 Å². The number of nitrogens with zero attached hydrogens (tertiary/aromatic N) is 1. The summed E-state index contributed by atoms with van der Waals surface area (Å²) in [6.07, 6.45) is 1.57. The van der Waals surface area contributed by atoms with Gasteiger partial charge >= 0.3 is 0 Å². The second kappa shape index (κ2) is 6.72. The number of hydrogen-bond acceptors (Lipinski definition) is 3. The first-order valence-electron chi connectivity index (χ1n) is 7.05. The van der Waals surface area contributed by atoms with E-state index in [1.54, 1.807) is 0 Å². The standard InChI is InChI=1S/C14H30N2O/c1-6-13-9-17-12(3)8-16(13)11-14(4,5)10-15-7-2/h12-13,15H,6-11H2,1-5H3. The van der Waals surface area contributed by atoms with Crippen LogP contribution in [0, 0.1) is 5.41 Å². The van der Waals surface area contributed by atoms with Gasteiger partial charge in [-0.15, -0.1) is 0 Å². The van der Waals surface area contributed by atoms with Gasteiger partial charge in [0.2, 0.25) is 0 Å². The maximum absolute atomic E-state index is 5.75. The molecular formula is C14H30N2O. The molecule has 0 radical (unpaired) electrons. The average molecular weight is 242 g/mol. The molecule has 0 aromatic carbocycles. The van der Waals surface area contributed by atoms with Gasteiger partial charge in [0.05, 0.1) is 12.7 Å². The molecule has 1 rings (SSSR count). The van der Waals surface area contributed by atoms with E-state index in [-0.39, 0.29) is 0 Å². The molecule has 102 valence electrons. The van der Waals surface area contributed by atoms with E-state index >= 15 is 0 Å². The maximum Gasteiger partial charge on any atom is 0.0674 e. The third-order valence-electron chi connectivity index (χ3n) is 3.54. The second-order valence-electron chi connectivity index (χ2n) is 6.08. The molecule has 1 fully saturated rings. The van der Waals surface area contributed by atoms with E-state index in [0.29, 0.717) is 17.6 Å². The van der Waals surface area contributed by atoms with Crippen molar-refractivity contribution in [2.45, 2.75) is 53.2 Å². The Kier molecular flexibility index (Phi) is 5.90. The molecule has 1 aliphatic heterocycles. The lowest BCUT2D eigenvalue weighted by Crippen LogP contribution is -2.52. The minimum atomic E-state index is 0.334. The van der Waals surface area contributed by atoms with Crippen LogP contribution in [0.25, 0.3) is 0 Å².